The van der Waals surface area contributed by atoms with Crippen molar-refractivity contribution in [1.29, 1.82) is 0 Å². The summed E-state index contributed by atoms with van der Waals surface area (Å²) < 4.78 is 2.58. The first kappa shape index (κ1) is 40.4. The van der Waals surface area contributed by atoms with Gasteiger partial charge >= 0.3 is 20.1 Å². The quantitative estimate of drug-likeness (QED) is 0.128. The van der Waals surface area contributed by atoms with E-state index in [0.29, 0.717) is 0 Å². The molecule has 60 heavy (non-hydrogen) atoms. The van der Waals surface area contributed by atoms with Crippen LogP contribution in [0.2, 0.25) is 0 Å². The van der Waals surface area contributed by atoms with Crippen molar-refractivity contribution in [3.05, 3.63) is 235 Å². The van der Waals surface area contributed by atoms with Crippen LogP contribution < -0.4 is 0 Å². The zero-order chi connectivity index (χ0) is 39.6. The molecule has 3 nitrogen and oxygen atoms in total. The van der Waals surface area contributed by atoms with Crippen molar-refractivity contribution in [2.75, 3.05) is 0 Å². The molecule has 0 saturated heterocycles. The van der Waals surface area contributed by atoms with Gasteiger partial charge in [-0.25, -0.2) is 0 Å². The van der Waals surface area contributed by atoms with Gasteiger partial charge in [0.2, 0.25) is 0 Å². The molecule has 0 spiro atoms. The number of nitrogens with zero attached hydrogens (tertiary/aromatic N) is 3. The molecule has 0 saturated carbocycles. The van der Waals surface area contributed by atoms with Gasteiger partial charge in [-0.3, -0.25) is 0 Å². The summed E-state index contributed by atoms with van der Waals surface area (Å²) in [5.41, 5.74) is 14.0. The molecule has 0 unspecified atom stereocenters. The maximum absolute atomic E-state index is 4.69. The van der Waals surface area contributed by atoms with Crippen LogP contribution in [0.4, 0.5) is 0 Å². The van der Waals surface area contributed by atoms with Gasteiger partial charge in [-0.1, -0.05) is 115 Å². The average Bonchev–Trinajstić information content (AvgIpc) is 3.71. The molecule has 6 aromatic carbocycles. The van der Waals surface area contributed by atoms with Crippen molar-refractivity contribution in [3.8, 4) is 44.9 Å². The topological polar surface area (TPSA) is 38.7 Å². The van der Waals surface area contributed by atoms with Crippen LogP contribution in [0.25, 0.3) is 65.1 Å². The van der Waals surface area contributed by atoms with Crippen LogP contribution in [-0.2, 0) is 45.8 Å². The maximum Gasteiger partial charge on any atom is 3.00 e. The van der Waals surface area contributed by atoms with E-state index < -0.39 is 0 Å². The van der Waals surface area contributed by atoms with Crippen LogP contribution in [0.1, 0.15) is 22.3 Å². The Morgan fingerprint density at radius 2 is 1.07 bits per heavy atom. The number of hydrogen-bond donors (Lipinski definition) is 0. The minimum absolute atomic E-state index is 0. The molecule has 290 valence electrons. The van der Waals surface area contributed by atoms with E-state index in [-0.39, 0.29) is 20.1 Å². The molecule has 0 bridgehead atoms. The fraction of sp³-hybridized carbons (Fsp3) is 0.0727. The Labute approximate surface area is 369 Å². The predicted octanol–water partition coefficient (Wildman–Crippen LogP) is 13.6. The molecule has 5 heteroatoms. The third kappa shape index (κ3) is 9.41. The number of thiophene rings is 1. The van der Waals surface area contributed by atoms with Crippen LogP contribution in [0.15, 0.2) is 195 Å². The fourth-order valence-corrected chi connectivity index (χ4v) is 8.74. The summed E-state index contributed by atoms with van der Waals surface area (Å²) in [6.45, 7) is 0. The largest absolute Gasteiger partial charge is 3.00 e. The van der Waals surface area contributed by atoms with E-state index in [1.54, 1.807) is 0 Å². The summed E-state index contributed by atoms with van der Waals surface area (Å²) in [5, 5.41) is 2.61. The molecule has 0 aliphatic heterocycles. The van der Waals surface area contributed by atoms with Gasteiger partial charge in [0, 0.05) is 23.3 Å². The van der Waals surface area contributed by atoms with Crippen LogP contribution >= 0.6 is 11.3 Å². The van der Waals surface area contributed by atoms with Gasteiger partial charge in [0.1, 0.15) is 0 Å². The monoisotopic (exact) mass is 967 g/mol. The molecule has 0 fully saturated rings. The van der Waals surface area contributed by atoms with Crippen molar-refractivity contribution < 1.29 is 20.1 Å². The number of pyridine rings is 3. The van der Waals surface area contributed by atoms with Gasteiger partial charge in [0.25, 0.3) is 0 Å². The Morgan fingerprint density at radius 3 is 1.73 bits per heavy atom. The molecule has 0 aliphatic rings. The van der Waals surface area contributed by atoms with Gasteiger partial charge in [0.05, 0.1) is 0 Å². The molecule has 0 atom stereocenters. The fourth-order valence-electron chi connectivity index (χ4n) is 7.53. The summed E-state index contributed by atoms with van der Waals surface area (Å²) in [6.07, 6.45) is 9.51. The zero-order valence-corrected chi connectivity index (χ0v) is 36.1. The number of benzene rings is 6. The molecule has 10 aromatic rings. The molecule has 10 rings (SSSR count). The maximum atomic E-state index is 4.69. The summed E-state index contributed by atoms with van der Waals surface area (Å²) in [5.74, 6) is 0. The minimum atomic E-state index is 0. The van der Waals surface area contributed by atoms with Gasteiger partial charge in [-0.15, -0.1) is 95.1 Å². The number of aryl methyl sites for hydroxylation is 4. The third-order valence-electron chi connectivity index (χ3n) is 10.6. The van der Waals surface area contributed by atoms with Crippen molar-refractivity contribution >= 4 is 31.5 Å². The Hall–Kier alpha value is -6.36. The normalized spacial score (nSPS) is 10.8. The van der Waals surface area contributed by atoms with Crippen LogP contribution in [0.5, 0.6) is 0 Å². The molecular formula is C55H40IrN3S. The second-order valence-corrected chi connectivity index (χ2v) is 15.4. The molecule has 4 aromatic heterocycles. The molecule has 0 aliphatic carbocycles. The molecule has 4 heterocycles. The third-order valence-corrected chi connectivity index (χ3v) is 11.8. The predicted molar refractivity (Wildman–Crippen MR) is 245 cm³/mol. The van der Waals surface area contributed by atoms with Crippen LogP contribution in [-0.4, -0.2) is 15.0 Å². The van der Waals surface area contributed by atoms with E-state index in [2.05, 4.69) is 137 Å². The van der Waals surface area contributed by atoms with E-state index in [0.717, 1.165) is 59.5 Å². The summed E-state index contributed by atoms with van der Waals surface area (Å²) in [7, 11) is 0. The first-order valence-corrected chi connectivity index (χ1v) is 20.8. The Kier molecular flexibility index (Phi) is 13.2. The first-order valence-electron chi connectivity index (χ1n) is 20.0. The summed E-state index contributed by atoms with van der Waals surface area (Å²) in [4.78, 5) is 13.6. The Balaban J connectivity index is 0.000000207. The number of fused-ring (bicyclic) bond motifs is 3. The molecular weight excluding hydrogens is 927 g/mol. The van der Waals surface area contributed by atoms with Crippen LogP contribution in [0, 0.1) is 18.2 Å². The van der Waals surface area contributed by atoms with Crippen molar-refractivity contribution in [1.82, 2.24) is 15.0 Å². The van der Waals surface area contributed by atoms with E-state index in [1.807, 2.05) is 96.7 Å². The molecule has 0 radical (unpaired) electrons. The summed E-state index contributed by atoms with van der Waals surface area (Å²) in [6, 6.07) is 71.0. The van der Waals surface area contributed by atoms with E-state index >= 15 is 0 Å². The first-order chi connectivity index (χ1) is 29.3. The van der Waals surface area contributed by atoms with E-state index in [4.69, 9.17) is 4.98 Å². The minimum Gasteiger partial charge on any atom is -0.305 e. The zero-order valence-electron chi connectivity index (χ0n) is 32.9. The Bertz CT molecular complexity index is 2780. The van der Waals surface area contributed by atoms with Crippen molar-refractivity contribution in [3.63, 3.8) is 0 Å². The second-order valence-electron chi connectivity index (χ2n) is 14.4. The van der Waals surface area contributed by atoms with Crippen LogP contribution in [0.3, 0.4) is 0 Å². The smallest absolute Gasteiger partial charge is 0.305 e. The molecule has 0 N–H and O–H groups in total. The Morgan fingerprint density at radius 1 is 0.433 bits per heavy atom. The van der Waals surface area contributed by atoms with Crippen molar-refractivity contribution in [2.24, 2.45) is 0 Å². The summed E-state index contributed by atoms with van der Waals surface area (Å²) >= 11 is 1.81. The SMILES string of the molecule is [Ir+3].[c-]1cc(CCc2ccccc2-c2ccccc2CCc2ccc(-c3[c-]cccc3)nc2)ccc1-c1ccccn1.[c-]1ccc2c(sc3ccccc32)c1-c1ccccn1. The molecule has 0 amide bonds. The van der Waals surface area contributed by atoms with E-state index in [9.17, 15) is 0 Å². The number of rotatable bonds is 10. The number of hydrogen-bond acceptors (Lipinski definition) is 4. The van der Waals surface area contributed by atoms with Crippen molar-refractivity contribution in [2.45, 2.75) is 25.7 Å². The standard InChI is InChI=1S/C38H30N2.C17H10NS.Ir/c1-2-12-33(13-3-1)38-26-21-30(28-40-38)20-23-32-11-5-7-15-36(32)35-14-6-4-10-31(35)22-17-29-18-24-34(25-19-29)37-16-8-9-27-39-37;1-2-10-16-12(6-1)13-7-5-8-14(17(13)19-16)15-9-3-4-11-18-15;/h1-12,14-16,18-19,21,24,26-28H,17,20,22-23H2;1-7,9-11H;/q-2;-1;+3. The van der Waals surface area contributed by atoms with Gasteiger partial charge < -0.3 is 15.0 Å². The second kappa shape index (κ2) is 19.6. The average molecular weight is 967 g/mol. The number of aromatic nitrogens is 3. The van der Waals surface area contributed by atoms with Gasteiger partial charge in [0.15, 0.2) is 0 Å². The van der Waals surface area contributed by atoms with Gasteiger partial charge in [-0.2, -0.15) is 11.3 Å². The van der Waals surface area contributed by atoms with E-state index in [1.165, 1.54) is 53.6 Å². The van der Waals surface area contributed by atoms with Gasteiger partial charge in [-0.05, 0) is 92.4 Å².